The molecule has 0 unspecified atom stereocenters. The molecule has 3 amide bonds. The molecule has 1 fully saturated rings. The lowest BCUT2D eigenvalue weighted by atomic mass is 9.92. The van der Waals surface area contributed by atoms with Gasteiger partial charge in [-0.2, -0.15) is 0 Å². The normalized spacial score (nSPS) is 21.1. The lowest BCUT2D eigenvalue weighted by molar-refractivity contribution is -0.132. The van der Waals surface area contributed by atoms with E-state index in [1.54, 1.807) is 0 Å². The number of para-hydroxylation sites is 1. The second-order valence-corrected chi connectivity index (χ2v) is 7.37. The smallest absolute Gasteiger partial charge is 0.319 e. The highest BCUT2D eigenvalue weighted by atomic mass is 35.5. The minimum atomic E-state index is -0.954. The lowest BCUT2D eigenvalue weighted by Gasteiger charge is -2.22. The summed E-state index contributed by atoms with van der Waals surface area (Å²) in [4.78, 5) is 31.6. The van der Waals surface area contributed by atoms with Gasteiger partial charge < -0.3 is 5.32 Å². The number of pyridine rings is 1. The van der Waals surface area contributed by atoms with Crippen LogP contribution in [0.2, 0.25) is 5.15 Å². The van der Waals surface area contributed by atoms with Gasteiger partial charge in [0.1, 0.15) is 10.7 Å². The number of rotatable bonds is 2. The minimum Gasteiger partial charge on any atom is -0.319 e. The zero-order valence-electron chi connectivity index (χ0n) is 14.4. The Kier molecular flexibility index (Phi) is 3.49. The van der Waals surface area contributed by atoms with E-state index in [1.807, 2.05) is 54.6 Å². The van der Waals surface area contributed by atoms with Crippen molar-refractivity contribution in [3.05, 3.63) is 76.4 Å². The summed E-state index contributed by atoms with van der Waals surface area (Å²) >= 11 is 6.33. The van der Waals surface area contributed by atoms with Crippen LogP contribution in [0.1, 0.15) is 23.1 Å². The van der Waals surface area contributed by atoms with Crippen molar-refractivity contribution in [2.75, 3.05) is 0 Å². The number of amides is 3. The van der Waals surface area contributed by atoms with E-state index in [-0.39, 0.29) is 18.5 Å². The van der Waals surface area contributed by atoms with Crippen molar-refractivity contribution < 1.29 is 9.59 Å². The topological polar surface area (TPSA) is 62.3 Å². The van der Waals surface area contributed by atoms with E-state index in [4.69, 9.17) is 11.6 Å². The van der Waals surface area contributed by atoms with Gasteiger partial charge in [-0.15, -0.1) is 0 Å². The van der Waals surface area contributed by atoms with Crippen LogP contribution in [-0.4, -0.2) is 21.8 Å². The third kappa shape index (κ3) is 2.35. The Bertz CT molecular complexity index is 1110. The number of halogens is 1. The number of fused-ring (bicyclic) bond motifs is 3. The maximum Gasteiger partial charge on any atom is 0.325 e. The van der Waals surface area contributed by atoms with Gasteiger partial charge in [-0.05, 0) is 36.1 Å². The molecule has 1 saturated heterocycles. The van der Waals surface area contributed by atoms with Crippen molar-refractivity contribution in [2.45, 2.75) is 24.9 Å². The molecule has 2 aromatic carbocycles. The highest BCUT2D eigenvalue weighted by molar-refractivity contribution is 6.30. The van der Waals surface area contributed by atoms with Gasteiger partial charge in [-0.25, -0.2) is 9.78 Å². The maximum absolute atomic E-state index is 13.3. The number of carbonyl (C=O) groups is 2. The van der Waals surface area contributed by atoms with Crippen molar-refractivity contribution in [3.63, 3.8) is 0 Å². The first-order chi connectivity index (χ1) is 13.1. The van der Waals surface area contributed by atoms with Crippen molar-refractivity contribution in [2.24, 2.45) is 0 Å². The van der Waals surface area contributed by atoms with Crippen LogP contribution in [0.4, 0.5) is 4.79 Å². The number of hydrogen-bond acceptors (Lipinski definition) is 3. The molecule has 2 heterocycles. The Hall–Kier alpha value is -2.92. The molecule has 6 heteroatoms. The Morgan fingerprint density at radius 1 is 1.11 bits per heavy atom. The zero-order chi connectivity index (χ0) is 18.6. The van der Waals surface area contributed by atoms with Crippen LogP contribution < -0.4 is 5.32 Å². The van der Waals surface area contributed by atoms with Crippen LogP contribution in [0.3, 0.4) is 0 Å². The predicted octanol–water partition coefficient (Wildman–Crippen LogP) is 3.78. The Morgan fingerprint density at radius 2 is 1.89 bits per heavy atom. The summed E-state index contributed by atoms with van der Waals surface area (Å²) in [6, 6.07) is 16.9. The summed E-state index contributed by atoms with van der Waals surface area (Å²) in [5.41, 5.74) is 2.49. The number of nitrogens with zero attached hydrogens (tertiary/aromatic N) is 2. The monoisotopic (exact) mass is 377 g/mol. The SMILES string of the molecule is O=C1N[C@]2(CCc3ccccc32)C(=O)N1Cc1cc2ccccc2nc1Cl. The van der Waals surface area contributed by atoms with Gasteiger partial charge in [0, 0.05) is 10.9 Å². The molecule has 0 bridgehead atoms. The van der Waals surface area contributed by atoms with E-state index in [9.17, 15) is 9.59 Å². The van der Waals surface area contributed by atoms with Crippen molar-refractivity contribution >= 4 is 34.4 Å². The first-order valence-corrected chi connectivity index (χ1v) is 9.23. The maximum atomic E-state index is 13.3. The molecule has 0 saturated carbocycles. The van der Waals surface area contributed by atoms with E-state index in [2.05, 4.69) is 10.3 Å². The molecule has 27 heavy (non-hydrogen) atoms. The first-order valence-electron chi connectivity index (χ1n) is 8.85. The number of carbonyl (C=O) groups excluding carboxylic acids is 2. The van der Waals surface area contributed by atoms with Gasteiger partial charge in [-0.1, -0.05) is 54.1 Å². The molecule has 5 rings (SSSR count). The highest BCUT2D eigenvalue weighted by Gasteiger charge is 2.55. The largest absolute Gasteiger partial charge is 0.325 e. The fourth-order valence-corrected chi connectivity index (χ4v) is 4.36. The fraction of sp³-hybridized carbons (Fsp3) is 0.190. The van der Waals surface area contributed by atoms with Crippen LogP contribution in [0.25, 0.3) is 10.9 Å². The molecule has 2 aliphatic rings. The van der Waals surface area contributed by atoms with Gasteiger partial charge in [0.25, 0.3) is 5.91 Å². The standard InChI is InChI=1S/C21H16ClN3O2/c22-18-15(11-14-6-2-4-8-17(14)23-18)12-25-19(26)21(24-20(25)27)10-9-13-5-1-3-7-16(13)21/h1-8,11H,9-10,12H2,(H,24,27)/t21-/m0/s1. The summed E-state index contributed by atoms with van der Waals surface area (Å²) in [5.74, 6) is -0.221. The average Bonchev–Trinajstić information content (AvgIpc) is 3.16. The predicted molar refractivity (Wildman–Crippen MR) is 102 cm³/mol. The van der Waals surface area contributed by atoms with Gasteiger partial charge >= 0.3 is 6.03 Å². The minimum absolute atomic E-state index is 0.102. The second-order valence-electron chi connectivity index (χ2n) is 7.01. The Morgan fingerprint density at radius 3 is 2.78 bits per heavy atom. The highest BCUT2D eigenvalue weighted by Crippen LogP contribution is 2.41. The number of benzene rings is 2. The van der Waals surface area contributed by atoms with Gasteiger partial charge in [0.2, 0.25) is 0 Å². The molecule has 1 aliphatic heterocycles. The van der Waals surface area contributed by atoms with Crippen LogP contribution >= 0.6 is 11.6 Å². The van der Waals surface area contributed by atoms with E-state index < -0.39 is 5.54 Å². The number of aryl methyl sites for hydroxylation is 1. The summed E-state index contributed by atoms with van der Waals surface area (Å²) in [5, 5.41) is 4.16. The lowest BCUT2D eigenvalue weighted by Crippen LogP contribution is -2.41. The molecule has 3 aromatic rings. The van der Waals surface area contributed by atoms with Gasteiger partial charge in [0.15, 0.2) is 0 Å². The Balaban J connectivity index is 1.51. The third-order valence-corrected chi connectivity index (χ3v) is 5.83. The summed E-state index contributed by atoms with van der Waals surface area (Å²) in [6.07, 6.45) is 1.35. The number of nitrogens with one attached hydrogen (secondary N) is 1. The van der Waals surface area contributed by atoms with Crippen molar-refractivity contribution in [3.8, 4) is 0 Å². The number of urea groups is 1. The van der Waals surface area contributed by atoms with Crippen LogP contribution in [0.5, 0.6) is 0 Å². The Labute approximate surface area is 161 Å². The zero-order valence-corrected chi connectivity index (χ0v) is 15.2. The molecule has 5 nitrogen and oxygen atoms in total. The molecule has 0 radical (unpaired) electrons. The second kappa shape index (κ2) is 5.79. The molecule has 1 aromatic heterocycles. The third-order valence-electron chi connectivity index (χ3n) is 5.50. The quantitative estimate of drug-likeness (QED) is 0.546. The van der Waals surface area contributed by atoms with Crippen LogP contribution in [-0.2, 0) is 23.3 Å². The number of aromatic nitrogens is 1. The first kappa shape index (κ1) is 16.3. The van der Waals surface area contributed by atoms with E-state index in [0.717, 1.165) is 28.5 Å². The van der Waals surface area contributed by atoms with Gasteiger partial charge in [0.05, 0.1) is 12.1 Å². The van der Waals surface area contributed by atoms with Crippen molar-refractivity contribution in [1.82, 2.24) is 15.2 Å². The van der Waals surface area contributed by atoms with Gasteiger partial charge in [-0.3, -0.25) is 9.69 Å². The van der Waals surface area contributed by atoms with E-state index >= 15 is 0 Å². The number of imide groups is 1. The summed E-state index contributed by atoms with van der Waals surface area (Å²) < 4.78 is 0. The summed E-state index contributed by atoms with van der Waals surface area (Å²) in [6.45, 7) is 0.102. The average molecular weight is 378 g/mol. The molecule has 1 N–H and O–H groups in total. The molecule has 1 atom stereocenters. The van der Waals surface area contributed by atoms with E-state index in [1.165, 1.54) is 4.90 Å². The van der Waals surface area contributed by atoms with E-state index in [0.29, 0.717) is 17.1 Å². The fourth-order valence-electron chi connectivity index (χ4n) is 4.15. The summed E-state index contributed by atoms with van der Waals surface area (Å²) in [7, 11) is 0. The molecule has 1 spiro atoms. The number of hydrogen-bond donors (Lipinski definition) is 1. The molecule has 134 valence electrons. The van der Waals surface area contributed by atoms with Crippen LogP contribution in [0.15, 0.2) is 54.6 Å². The van der Waals surface area contributed by atoms with Crippen LogP contribution in [0, 0.1) is 0 Å². The molecular formula is C21H16ClN3O2. The van der Waals surface area contributed by atoms with Crippen molar-refractivity contribution in [1.29, 1.82) is 0 Å². The molecular weight excluding hydrogens is 362 g/mol. The molecule has 1 aliphatic carbocycles.